The zero-order chi connectivity index (χ0) is 9.68. The summed E-state index contributed by atoms with van der Waals surface area (Å²) in [4.78, 5) is 4.14. The van der Waals surface area contributed by atoms with E-state index in [-0.39, 0.29) is 6.04 Å². The predicted molar refractivity (Wildman–Crippen MR) is 50.9 cm³/mol. The second kappa shape index (κ2) is 4.63. The fourth-order valence-corrected chi connectivity index (χ4v) is 0.938. The number of aryl methyl sites for hydroxylation is 1. The van der Waals surface area contributed by atoms with Crippen molar-refractivity contribution in [2.45, 2.75) is 19.9 Å². The van der Waals surface area contributed by atoms with Gasteiger partial charge in [0.1, 0.15) is 6.33 Å². The fraction of sp³-hybridized carbons (Fsp3) is 0.556. The Morgan fingerprint density at radius 1 is 1.69 bits per heavy atom. The minimum absolute atomic E-state index is 0.155. The zero-order valence-electron chi connectivity index (χ0n) is 8.20. The highest BCUT2D eigenvalue weighted by Gasteiger charge is 2.07. The molecule has 4 nitrogen and oxygen atoms in total. The molecule has 1 unspecified atom stereocenters. The number of rotatable bonds is 3. The summed E-state index contributed by atoms with van der Waals surface area (Å²) in [7, 11) is 1.86. The highest BCUT2D eigenvalue weighted by molar-refractivity contribution is 4.99. The summed E-state index contributed by atoms with van der Waals surface area (Å²) in [5.74, 6) is 6.56. The van der Waals surface area contributed by atoms with Crippen molar-refractivity contribution in [2.24, 2.45) is 7.05 Å². The van der Waals surface area contributed by atoms with Gasteiger partial charge in [-0.2, -0.15) is 5.10 Å². The molecule has 0 fully saturated rings. The molecular formula is C9H14N4. The Morgan fingerprint density at radius 2 is 2.46 bits per heavy atom. The van der Waals surface area contributed by atoms with Crippen LogP contribution in [0.1, 0.15) is 25.7 Å². The molecule has 0 aliphatic heterocycles. The van der Waals surface area contributed by atoms with Crippen molar-refractivity contribution in [1.82, 2.24) is 20.1 Å². The number of nitrogens with one attached hydrogen (secondary N) is 1. The normalized spacial score (nSPS) is 11.9. The minimum Gasteiger partial charge on any atom is -0.297 e. The summed E-state index contributed by atoms with van der Waals surface area (Å²) in [6, 6.07) is 0.155. The van der Waals surface area contributed by atoms with Gasteiger partial charge in [0.15, 0.2) is 5.82 Å². The van der Waals surface area contributed by atoms with Gasteiger partial charge in [-0.25, -0.2) is 4.98 Å². The monoisotopic (exact) mass is 178 g/mol. The van der Waals surface area contributed by atoms with Gasteiger partial charge < -0.3 is 0 Å². The first kappa shape index (κ1) is 9.75. The second-order valence-corrected chi connectivity index (χ2v) is 2.81. The molecule has 0 saturated heterocycles. The number of hydrogen-bond acceptors (Lipinski definition) is 3. The Morgan fingerprint density at radius 3 is 3.00 bits per heavy atom. The third kappa shape index (κ3) is 2.88. The summed E-state index contributed by atoms with van der Waals surface area (Å²) < 4.78 is 1.69. The quantitative estimate of drug-likeness (QED) is 0.685. The maximum atomic E-state index is 4.18. The van der Waals surface area contributed by atoms with Crippen molar-refractivity contribution in [3.63, 3.8) is 0 Å². The molecule has 4 heteroatoms. The number of hydrogen-bond donors (Lipinski definition) is 1. The second-order valence-electron chi connectivity index (χ2n) is 2.81. The van der Waals surface area contributed by atoms with Crippen LogP contribution in [-0.2, 0) is 7.05 Å². The van der Waals surface area contributed by atoms with Crippen LogP contribution in [0.25, 0.3) is 0 Å². The van der Waals surface area contributed by atoms with Crippen LogP contribution in [-0.4, -0.2) is 21.3 Å². The highest BCUT2D eigenvalue weighted by atomic mass is 15.3. The average Bonchev–Trinajstić information content (AvgIpc) is 2.52. The molecule has 1 atom stereocenters. The average molecular weight is 178 g/mol. The van der Waals surface area contributed by atoms with Crippen LogP contribution < -0.4 is 5.32 Å². The molecule has 1 aromatic rings. The van der Waals surface area contributed by atoms with E-state index in [1.807, 2.05) is 20.9 Å². The van der Waals surface area contributed by atoms with Crippen molar-refractivity contribution in [1.29, 1.82) is 0 Å². The summed E-state index contributed by atoms with van der Waals surface area (Å²) in [5.41, 5.74) is 0. The van der Waals surface area contributed by atoms with Crippen molar-refractivity contribution in [2.75, 3.05) is 6.54 Å². The van der Waals surface area contributed by atoms with Crippen LogP contribution in [0.4, 0.5) is 0 Å². The standard InChI is InChI=1S/C9H14N4/c1-4-5-6-10-8(2)9-11-7-13(3)12-9/h7-8,10H,6H2,1-3H3. The van der Waals surface area contributed by atoms with Crippen LogP contribution in [0.3, 0.4) is 0 Å². The van der Waals surface area contributed by atoms with Crippen molar-refractivity contribution in [3.8, 4) is 11.8 Å². The fourth-order valence-electron chi connectivity index (χ4n) is 0.938. The lowest BCUT2D eigenvalue weighted by Crippen LogP contribution is -2.20. The van der Waals surface area contributed by atoms with Gasteiger partial charge in [0, 0.05) is 7.05 Å². The third-order valence-electron chi connectivity index (χ3n) is 1.68. The Balaban J connectivity index is 2.47. The molecule has 1 heterocycles. The van der Waals surface area contributed by atoms with Crippen LogP contribution in [0, 0.1) is 11.8 Å². The van der Waals surface area contributed by atoms with Crippen LogP contribution >= 0.6 is 0 Å². The molecule has 0 aliphatic rings. The Kier molecular flexibility index (Phi) is 3.47. The summed E-state index contributed by atoms with van der Waals surface area (Å²) >= 11 is 0. The largest absolute Gasteiger partial charge is 0.297 e. The van der Waals surface area contributed by atoms with Crippen molar-refractivity contribution >= 4 is 0 Å². The van der Waals surface area contributed by atoms with Gasteiger partial charge in [-0.3, -0.25) is 10.00 Å². The summed E-state index contributed by atoms with van der Waals surface area (Å²) in [6.07, 6.45) is 1.69. The lowest BCUT2D eigenvalue weighted by atomic mass is 10.3. The third-order valence-corrected chi connectivity index (χ3v) is 1.68. The van der Waals surface area contributed by atoms with Crippen LogP contribution in [0.5, 0.6) is 0 Å². The molecule has 0 radical (unpaired) electrons. The first-order valence-corrected chi connectivity index (χ1v) is 4.22. The van der Waals surface area contributed by atoms with Gasteiger partial charge >= 0.3 is 0 Å². The molecule has 13 heavy (non-hydrogen) atoms. The van der Waals surface area contributed by atoms with Crippen molar-refractivity contribution < 1.29 is 0 Å². The maximum absolute atomic E-state index is 4.18. The van der Waals surface area contributed by atoms with Gasteiger partial charge in [0.25, 0.3) is 0 Å². The number of aromatic nitrogens is 3. The molecular weight excluding hydrogens is 164 g/mol. The summed E-state index contributed by atoms with van der Waals surface area (Å²) in [5, 5.41) is 7.39. The molecule has 0 saturated carbocycles. The molecule has 0 bridgehead atoms. The van der Waals surface area contributed by atoms with E-state index in [0.717, 1.165) is 5.82 Å². The van der Waals surface area contributed by atoms with Gasteiger partial charge in [0.05, 0.1) is 12.6 Å². The number of nitrogens with zero attached hydrogens (tertiary/aromatic N) is 3. The lowest BCUT2D eigenvalue weighted by molar-refractivity contribution is 0.579. The molecule has 70 valence electrons. The van der Waals surface area contributed by atoms with E-state index in [1.54, 1.807) is 11.0 Å². The minimum atomic E-state index is 0.155. The molecule has 0 aromatic carbocycles. The van der Waals surface area contributed by atoms with Crippen LogP contribution in [0.2, 0.25) is 0 Å². The molecule has 1 aromatic heterocycles. The van der Waals surface area contributed by atoms with Crippen molar-refractivity contribution in [3.05, 3.63) is 12.2 Å². The predicted octanol–water partition coefficient (Wildman–Crippen LogP) is 0.489. The van der Waals surface area contributed by atoms with Gasteiger partial charge in [-0.1, -0.05) is 5.92 Å². The Bertz CT molecular complexity index is 318. The SMILES string of the molecule is CC#CCNC(C)c1ncn(C)n1. The molecule has 0 amide bonds. The van der Waals surface area contributed by atoms with Gasteiger partial charge in [-0.15, -0.1) is 5.92 Å². The van der Waals surface area contributed by atoms with E-state index < -0.39 is 0 Å². The Hall–Kier alpha value is -1.34. The van der Waals surface area contributed by atoms with E-state index in [9.17, 15) is 0 Å². The van der Waals surface area contributed by atoms with Gasteiger partial charge in [0.2, 0.25) is 0 Å². The smallest absolute Gasteiger partial charge is 0.167 e. The first-order chi connectivity index (χ1) is 6.24. The topological polar surface area (TPSA) is 42.7 Å². The van der Waals surface area contributed by atoms with Gasteiger partial charge in [-0.05, 0) is 13.8 Å². The first-order valence-electron chi connectivity index (χ1n) is 4.22. The summed E-state index contributed by atoms with van der Waals surface area (Å²) in [6.45, 7) is 4.52. The van der Waals surface area contributed by atoms with Crippen LogP contribution in [0.15, 0.2) is 6.33 Å². The molecule has 0 aliphatic carbocycles. The van der Waals surface area contributed by atoms with E-state index >= 15 is 0 Å². The maximum Gasteiger partial charge on any atom is 0.167 e. The van der Waals surface area contributed by atoms with E-state index in [0.29, 0.717) is 6.54 Å². The molecule has 1 rings (SSSR count). The lowest BCUT2D eigenvalue weighted by Gasteiger charge is -2.05. The zero-order valence-corrected chi connectivity index (χ0v) is 8.20. The molecule has 1 N–H and O–H groups in total. The van der Waals surface area contributed by atoms with E-state index in [2.05, 4.69) is 27.2 Å². The highest BCUT2D eigenvalue weighted by Crippen LogP contribution is 2.03. The Labute approximate surface area is 78.4 Å². The van der Waals surface area contributed by atoms with E-state index in [4.69, 9.17) is 0 Å². The molecule has 0 spiro atoms. The van der Waals surface area contributed by atoms with E-state index in [1.165, 1.54) is 0 Å².